The Balaban J connectivity index is 1.47. The third-order valence-electron chi connectivity index (χ3n) is 7.69. The summed E-state index contributed by atoms with van der Waals surface area (Å²) in [6.45, 7) is 0.520. The molecule has 0 radical (unpaired) electrons. The second-order valence-electron chi connectivity index (χ2n) is 10.6. The summed E-state index contributed by atoms with van der Waals surface area (Å²) in [6.07, 6.45) is 2.27. The Morgan fingerprint density at radius 3 is 1.77 bits per heavy atom. The molecule has 1 aliphatic rings. The Bertz CT molecular complexity index is 1710. The Labute approximate surface area is 253 Å². The molecule has 10 nitrogen and oxygen atoms in total. The average molecular weight is 597 g/mol. The monoisotopic (exact) mass is 596 g/mol. The lowest BCUT2D eigenvalue weighted by Crippen LogP contribution is -2.34. The molecule has 2 amide bonds. The van der Waals surface area contributed by atoms with E-state index in [2.05, 4.69) is 10.6 Å². The lowest BCUT2D eigenvalue weighted by atomic mass is 9.83. The van der Waals surface area contributed by atoms with E-state index in [1.807, 2.05) is 0 Å². The average Bonchev–Trinajstić information content (AvgIpc) is 3.29. The number of fused-ring (bicyclic) bond motifs is 1. The number of rotatable bonds is 9. The molecule has 0 heterocycles. The highest BCUT2D eigenvalue weighted by Crippen LogP contribution is 2.52. The topological polar surface area (TPSA) is 180 Å². The van der Waals surface area contributed by atoms with Gasteiger partial charge >= 0.3 is 0 Å². The summed E-state index contributed by atoms with van der Waals surface area (Å²) in [6, 6.07) is 20.0. The van der Waals surface area contributed by atoms with Crippen LogP contribution in [0, 0.1) is 5.92 Å². The fraction of sp³-hybridized carbons (Fsp3) is 0.176. The molecular formula is C34H32N2O8. The third kappa shape index (κ3) is 6.54. The van der Waals surface area contributed by atoms with Gasteiger partial charge in [-0.15, -0.1) is 0 Å². The molecule has 0 spiro atoms. The minimum atomic E-state index is -1.00. The van der Waals surface area contributed by atoms with Gasteiger partial charge in [0, 0.05) is 25.1 Å². The predicted molar refractivity (Wildman–Crippen MR) is 162 cm³/mol. The zero-order valence-electron chi connectivity index (χ0n) is 23.6. The summed E-state index contributed by atoms with van der Waals surface area (Å²) in [5.41, 5.74) is 3.37. The number of benzene rings is 4. The SMILES string of the molecule is O=C(/C=C1/c2cc(O)c(O)cc2[C@H](c2ccc(O)c(O)c2)[C@@H]1C(=O)NCCc1ccc(O)cc1)NCCc1ccc(O)cc1. The Morgan fingerprint density at radius 2 is 1.18 bits per heavy atom. The summed E-state index contributed by atoms with van der Waals surface area (Å²) < 4.78 is 0. The van der Waals surface area contributed by atoms with E-state index in [1.165, 1.54) is 30.3 Å². The van der Waals surface area contributed by atoms with Gasteiger partial charge in [-0.05, 0) is 94.8 Å². The normalized spacial score (nSPS) is 16.4. The minimum Gasteiger partial charge on any atom is -0.508 e. The van der Waals surface area contributed by atoms with Crippen LogP contribution in [0.15, 0.2) is 84.9 Å². The van der Waals surface area contributed by atoms with Crippen molar-refractivity contribution in [3.05, 3.63) is 113 Å². The maximum Gasteiger partial charge on any atom is 0.244 e. The predicted octanol–water partition coefficient (Wildman–Crippen LogP) is 3.78. The molecule has 0 aromatic heterocycles. The first-order chi connectivity index (χ1) is 21.1. The molecule has 226 valence electrons. The number of nitrogens with one attached hydrogen (secondary N) is 2. The van der Waals surface area contributed by atoms with Crippen LogP contribution in [0.1, 0.15) is 33.7 Å². The van der Waals surface area contributed by atoms with Gasteiger partial charge in [-0.3, -0.25) is 9.59 Å². The zero-order chi connectivity index (χ0) is 31.4. The van der Waals surface area contributed by atoms with Crippen LogP contribution in [0.4, 0.5) is 0 Å². The van der Waals surface area contributed by atoms with Gasteiger partial charge in [-0.25, -0.2) is 0 Å². The van der Waals surface area contributed by atoms with Crippen molar-refractivity contribution in [2.75, 3.05) is 13.1 Å². The van der Waals surface area contributed by atoms with Crippen LogP contribution < -0.4 is 10.6 Å². The number of aromatic hydroxyl groups is 6. The van der Waals surface area contributed by atoms with Crippen LogP contribution in [-0.2, 0) is 22.4 Å². The van der Waals surface area contributed by atoms with Crippen molar-refractivity contribution >= 4 is 17.4 Å². The number of hydrogen-bond acceptors (Lipinski definition) is 8. The molecule has 0 aliphatic heterocycles. The van der Waals surface area contributed by atoms with Crippen LogP contribution in [0.2, 0.25) is 0 Å². The molecule has 0 unspecified atom stereocenters. The summed E-state index contributed by atoms with van der Waals surface area (Å²) in [5.74, 6) is -4.02. The molecule has 8 N–H and O–H groups in total. The number of carbonyl (C=O) groups is 2. The number of amides is 2. The van der Waals surface area contributed by atoms with Crippen molar-refractivity contribution in [2.24, 2.45) is 5.92 Å². The van der Waals surface area contributed by atoms with Crippen molar-refractivity contribution in [1.82, 2.24) is 10.6 Å². The van der Waals surface area contributed by atoms with Gasteiger partial charge in [-0.1, -0.05) is 30.3 Å². The molecule has 0 saturated heterocycles. The third-order valence-corrected chi connectivity index (χ3v) is 7.69. The highest BCUT2D eigenvalue weighted by molar-refractivity contribution is 6.04. The first kappa shape index (κ1) is 29.8. The number of phenols is 6. The van der Waals surface area contributed by atoms with Crippen molar-refractivity contribution in [3.8, 4) is 34.5 Å². The first-order valence-electron chi connectivity index (χ1n) is 14.0. The Kier molecular flexibility index (Phi) is 8.61. The first-order valence-corrected chi connectivity index (χ1v) is 14.0. The molecule has 1 aliphatic carbocycles. The highest BCUT2D eigenvalue weighted by Gasteiger charge is 2.43. The van der Waals surface area contributed by atoms with Gasteiger partial charge in [0.25, 0.3) is 0 Å². The Morgan fingerprint density at radius 1 is 0.636 bits per heavy atom. The summed E-state index contributed by atoms with van der Waals surface area (Å²) in [4.78, 5) is 27.1. The van der Waals surface area contributed by atoms with E-state index in [0.29, 0.717) is 35.1 Å². The highest BCUT2D eigenvalue weighted by atomic mass is 16.3. The van der Waals surface area contributed by atoms with Crippen LogP contribution in [0.3, 0.4) is 0 Å². The second kappa shape index (κ2) is 12.7. The van der Waals surface area contributed by atoms with E-state index in [9.17, 15) is 40.2 Å². The van der Waals surface area contributed by atoms with Crippen LogP contribution in [-0.4, -0.2) is 55.5 Å². The molecule has 4 aromatic carbocycles. The van der Waals surface area contributed by atoms with Gasteiger partial charge in [0.1, 0.15) is 11.5 Å². The van der Waals surface area contributed by atoms with Gasteiger partial charge in [0.15, 0.2) is 23.0 Å². The maximum atomic E-state index is 13.9. The van der Waals surface area contributed by atoms with Crippen molar-refractivity contribution in [3.63, 3.8) is 0 Å². The standard InChI is InChI=1S/C34H32N2O8/c37-22-6-1-19(2-7-22)11-13-35-31(43)18-26-24-16-29(41)30(42)17-25(24)32(21-5-10-27(39)28(40)15-21)33(26)34(44)36-14-12-20-3-8-23(38)9-4-20/h1-10,15-18,32-33,37-42H,11-14H2,(H,35,43)(H,36,44)/b26-18-/t32-,33+/m0/s1. The zero-order valence-corrected chi connectivity index (χ0v) is 23.6. The van der Waals surface area contributed by atoms with Gasteiger partial charge in [-0.2, -0.15) is 0 Å². The lowest BCUT2D eigenvalue weighted by Gasteiger charge is -2.22. The van der Waals surface area contributed by atoms with E-state index in [0.717, 1.165) is 11.1 Å². The Hall–Kier alpha value is -5.64. The smallest absolute Gasteiger partial charge is 0.244 e. The number of hydrogen-bond donors (Lipinski definition) is 8. The fourth-order valence-corrected chi connectivity index (χ4v) is 5.48. The van der Waals surface area contributed by atoms with E-state index in [1.54, 1.807) is 54.6 Å². The second-order valence-corrected chi connectivity index (χ2v) is 10.6. The summed E-state index contributed by atoms with van der Waals surface area (Å²) >= 11 is 0. The number of carbonyl (C=O) groups excluding carboxylic acids is 2. The molecule has 10 heteroatoms. The van der Waals surface area contributed by atoms with Gasteiger partial charge in [0.2, 0.25) is 11.8 Å². The van der Waals surface area contributed by atoms with Crippen molar-refractivity contribution in [2.45, 2.75) is 18.8 Å². The van der Waals surface area contributed by atoms with Crippen LogP contribution in [0.5, 0.6) is 34.5 Å². The molecular weight excluding hydrogens is 564 g/mol. The van der Waals surface area contributed by atoms with E-state index >= 15 is 0 Å². The van der Waals surface area contributed by atoms with Gasteiger partial charge in [0.05, 0.1) is 5.92 Å². The van der Waals surface area contributed by atoms with Gasteiger partial charge < -0.3 is 41.3 Å². The minimum absolute atomic E-state index is 0.129. The molecule has 44 heavy (non-hydrogen) atoms. The largest absolute Gasteiger partial charge is 0.508 e. The quantitative estimate of drug-likeness (QED) is 0.106. The van der Waals surface area contributed by atoms with E-state index in [-0.39, 0.29) is 30.3 Å². The number of phenolic OH excluding ortho intramolecular Hbond substituents is 6. The van der Waals surface area contributed by atoms with E-state index < -0.39 is 40.9 Å². The molecule has 2 atom stereocenters. The lowest BCUT2D eigenvalue weighted by molar-refractivity contribution is -0.123. The maximum absolute atomic E-state index is 13.9. The fourth-order valence-electron chi connectivity index (χ4n) is 5.48. The van der Waals surface area contributed by atoms with Crippen LogP contribution in [0.25, 0.3) is 5.57 Å². The molecule has 0 bridgehead atoms. The molecule has 0 fully saturated rings. The molecule has 0 saturated carbocycles. The molecule has 4 aromatic rings. The van der Waals surface area contributed by atoms with E-state index in [4.69, 9.17) is 0 Å². The van der Waals surface area contributed by atoms with Crippen molar-refractivity contribution in [1.29, 1.82) is 0 Å². The molecule has 5 rings (SSSR count). The summed E-state index contributed by atoms with van der Waals surface area (Å²) in [5, 5.41) is 65.8. The summed E-state index contributed by atoms with van der Waals surface area (Å²) in [7, 11) is 0. The van der Waals surface area contributed by atoms with Crippen LogP contribution >= 0.6 is 0 Å². The van der Waals surface area contributed by atoms with Crippen molar-refractivity contribution < 1.29 is 40.2 Å².